The minimum Gasteiger partial charge on any atom is -0.281 e. The Morgan fingerprint density at radius 3 is 2.62 bits per heavy atom. The van der Waals surface area contributed by atoms with Crippen molar-refractivity contribution in [2.24, 2.45) is 0 Å². The largest absolute Gasteiger partial charge is 0.281 e. The van der Waals surface area contributed by atoms with Crippen molar-refractivity contribution >= 4 is 16.8 Å². The van der Waals surface area contributed by atoms with Gasteiger partial charge in [-0.2, -0.15) is 0 Å². The van der Waals surface area contributed by atoms with Crippen LogP contribution in [0.4, 0.5) is 0 Å². The zero-order valence-electron chi connectivity index (χ0n) is 7.09. The SMILES string of the molecule is O=C(Cl)CCC#Cc1ccccc1. The van der Waals surface area contributed by atoms with Crippen LogP contribution in [0.3, 0.4) is 0 Å². The minimum atomic E-state index is -0.331. The highest BCUT2D eigenvalue weighted by molar-refractivity contribution is 6.63. The maximum Gasteiger partial charge on any atom is 0.222 e. The monoisotopic (exact) mass is 192 g/mol. The van der Waals surface area contributed by atoms with E-state index in [1.165, 1.54) is 0 Å². The maximum atomic E-state index is 10.4. The van der Waals surface area contributed by atoms with Gasteiger partial charge in [-0.05, 0) is 23.7 Å². The molecule has 0 heterocycles. The van der Waals surface area contributed by atoms with Gasteiger partial charge >= 0.3 is 0 Å². The Hall–Kier alpha value is -1.26. The van der Waals surface area contributed by atoms with Crippen LogP contribution in [0, 0.1) is 11.8 Å². The normalized spacial score (nSPS) is 8.69. The number of halogens is 1. The van der Waals surface area contributed by atoms with E-state index in [1.807, 2.05) is 30.3 Å². The van der Waals surface area contributed by atoms with Crippen LogP contribution in [0.1, 0.15) is 18.4 Å². The van der Waals surface area contributed by atoms with Gasteiger partial charge in [0, 0.05) is 18.4 Å². The molecule has 0 fully saturated rings. The second-order valence-electron chi connectivity index (χ2n) is 2.52. The van der Waals surface area contributed by atoms with Crippen molar-refractivity contribution in [3.63, 3.8) is 0 Å². The lowest BCUT2D eigenvalue weighted by molar-refractivity contribution is -0.111. The van der Waals surface area contributed by atoms with Gasteiger partial charge in [0.25, 0.3) is 0 Å². The molecule has 0 aliphatic rings. The fraction of sp³-hybridized carbons (Fsp3) is 0.182. The molecule has 13 heavy (non-hydrogen) atoms. The number of carbonyl (C=O) groups excluding carboxylic acids is 1. The third-order valence-corrected chi connectivity index (χ3v) is 1.64. The quantitative estimate of drug-likeness (QED) is 0.520. The number of hydrogen-bond acceptors (Lipinski definition) is 1. The first-order valence-electron chi connectivity index (χ1n) is 4.01. The van der Waals surface area contributed by atoms with Crippen LogP contribution in [0.5, 0.6) is 0 Å². The van der Waals surface area contributed by atoms with Crippen LogP contribution in [-0.4, -0.2) is 5.24 Å². The minimum absolute atomic E-state index is 0.321. The van der Waals surface area contributed by atoms with Gasteiger partial charge in [-0.3, -0.25) is 4.79 Å². The molecule has 0 amide bonds. The molecule has 66 valence electrons. The molecule has 1 aromatic rings. The zero-order chi connectivity index (χ0) is 9.52. The van der Waals surface area contributed by atoms with Gasteiger partial charge < -0.3 is 0 Å². The zero-order valence-corrected chi connectivity index (χ0v) is 7.84. The number of hydrogen-bond donors (Lipinski definition) is 0. The van der Waals surface area contributed by atoms with E-state index < -0.39 is 0 Å². The standard InChI is InChI=1S/C11H9ClO/c12-11(13)9-5-4-8-10-6-2-1-3-7-10/h1-3,6-7H,5,9H2. The van der Waals surface area contributed by atoms with E-state index in [9.17, 15) is 4.79 Å². The number of carbonyl (C=O) groups is 1. The van der Waals surface area contributed by atoms with Crippen LogP contribution in [0.25, 0.3) is 0 Å². The lowest BCUT2D eigenvalue weighted by atomic mass is 10.2. The molecule has 0 saturated carbocycles. The van der Waals surface area contributed by atoms with E-state index in [0.29, 0.717) is 12.8 Å². The van der Waals surface area contributed by atoms with Gasteiger partial charge in [-0.1, -0.05) is 30.0 Å². The first kappa shape index (κ1) is 9.83. The van der Waals surface area contributed by atoms with Crippen molar-refractivity contribution in [2.75, 3.05) is 0 Å². The van der Waals surface area contributed by atoms with E-state index in [1.54, 1.807) is 0 Å². The van der Waals surface area contributed by atoms with Gasteiger partial charge in [-0.25, -0.2) is 0 Å². The van der Waals surface area contributed by atoms with Crippen LogP contribution in [0.15, 0.2) is 30.3 Å². The second-order valence-corrected chi connectivity index (χ2v) is 2.94. The van der Waals surface area contributed by atoms with E-state index in [0.717, 1.165) is 5.56 Å². The summed E-state index contributed by atoms with van der Waals surface area (Å²) >= 11 is 5.15. The highest BCUT2D eigenvalue weighted by Gasteiger charge is 1.90. The van der Waals surface area contributed by atoms with Crippen molar-refractivity contribution in [3.05, 3.63) is 35.9 Å². The average Bonchev–Trinajstić information content (AvgIpc) is 2.14. The van der Waals surface area contributed by atoms with Gasteiger partial charge in [0.05, 0.1) is 0 Å². The van der Waals surface area contributed by atoms with E-state index >= 15 is 0 Å². The average molecular weight is 193 g/mol. The van der Waals surface area contributed by atoms with Crippen LogP contribution >= 0.6 is 11.6 Å². The molecule has 0 radical (unpaired) electrons. The summed E-state index contributed by atoms with van der Waals surface area (Å²) in [6.45, 7) is 0. The van der Waals surface area contributed by atoms with Crippen LogP contribution in [0.2, 0.25) is 0 Å². The third kappa shape index (κ3) is 4.35. The molecule has 0 aromatic heterocycles. The molecule has 1 rings (SSSR count). The molecule has 1 aromatic carbocycles. The molecule has 2 heteroatoms. The van der Waals surface area contributed by atoms with E-state index in [4.69, 9.17) is 11.6 Å². The lowest BCUT2D eigenvalue weighted by Crippen LogP contribution is -1.82. The van der Waals surface area contributed by atoms with Gasteiger partial charge in [0.2, 0.25) is 5.24 Å². The van der Waals surface area contributed by atoms with Gasteiger partial charge in [0.1, 0.15) is 0 Å². The van der Waals surface area contributed by atoms with Crippen LogP contribution < -0.4 is 0 Å². The Morgan fingerprint density at radius 2 is 2.00 bits per heavy atom. The third-order valence-electron chi connectivity index (χ3n) is 1.45. The Bertz CT molecular complexity index is 332. The maximum absolute atomic E-state index is 10.4. The molecule has 0 atom stereocenters. The highest BCUT2D eigenvalue weighted by Crippen LogP contribution is 1.96. The molecule has 0 aliphatic heterocycles. The molecule has 0 bridgehead atoms. The highest BCUT2D eigenvalue weighted by atomic mass is 35.5. The lowest BCUT2D eigenvalue weighted by Gasteiger charge is -1.86. The predicted molar refractivity (Wildman–Crippen MR) is 53.4 cm³/mol. The molecule has 0 N–H and O–H groups in total. The summed E-state index contributed by atoms with van der Waals surface area (Å²) in [5.41, 5.74) is 0.963. The molecule has 0 unspecified atom stereocenters. The Labute approximate surface area is 82.7 Å². The Morgan fingerprint density at radius 1 is 1.31 bits per heavy atom. The van der Waals surface area contributed by atoms with Crippen molar-refractivity contribution < 1.29 is 4.79 Å². The fourth-order valence-electron chi connectivity index (χ4n) is 0.847. The predicted octanol–water partition coefficient (Wildman–Crippen LogP) is 2.58. The Balaban J connectivity index is 2.44. The van der Waals surface area contributed by atoms with Crippen LogP contribution in [-0.2, 0) is 4.79 Å². The topological polar surface area (TPSA) is 17.1 Å². The van der Waals surface area contributed by atoms with Crippen molar-refractivity contribution in [3.8, 4) is 11.8 Å². The fourth-order valence-corrected chi connectivity index (χ4v) is 0.941. The summed E-state index contributed by atoms with van der Waals surface area (Å²) in [5, 5.41) is -0.331. The second kappa shape index (κ2) is 5.40. The summed E-state index contributed by atoms with van der Waals surface area (Å²) in [7, 11) is 0. The Kier molecular flexibility index (Phi) is 4.08. The molecule has 1 nitrogen and oxygen atoms in total. The summed E-state index contributed by atoms with van der Waals surface area (Å²) in [5.74, 6) is 5.82. The van der Waals surface area contributed by atoms with Gasteiger partial charge in [-0.15, -0.1) is 0 Å². The van der Waals surface area contributed by atoms with Gasteiger partial charge in [0.15, 0.2) is 0 Å². The molecular weight excluding hydrogens is 184 g/mol. The van der Waals surface area contributed by atoms with E-state index in [-0.39, 0.29) is 5.24 Å². The van der Waals surface area contributed by atoms with Crippen molar-refractivity contribution in [1.82, 2.24) is 0 Å². The smallest absolute Gasteiger partial charge is 0.222 e. The first-order valence-corrected chi connectivity index (χ1v) is 4.39. The van der Waals surface area contributed by atoms with Crippen molar-refractivity contribution in [2.45, 2.75) is 12.8 Å². The van der Waals surface area contributed by atoms with E-state index in [2.05, 4.69) is 11.8 Å². The summed E-state index contributed by atoms with van der Waals surface area (Å²) in [6.07, 6.45) is 0.846. The first-order chi connectivity index (χ1) is 6.29. The number of benzene rings is 1. The summed E-state index contributed by atoms with van der Waals surface area (Å²) in [4.78, 5) is 10.4. The van der Waals surface area contributed by atoms with Crippen molar-refractivity contribution in [1.29, 1.82) is 0 Å². The molecule has 0 aliphatic carbocycles. The molecule has 0 spiro atoms. The molecule has 0 saturated heterocycles. The summed E-state index contributed by atoms with van der Waals surface area (Å²) in [6, 6.07) is 9.64. The number of rotatable bonds is 2. The molecular formula is C11H9ClO. The summed E-state index contributed by atoms with van der Waals surface area (Å²) < 4.78 is 0.